The van der Waals surface area contributed by atoms with Crippen molar-refractivity contribution in [2.45, 2.75) is 24.3 Å². The number of likely N-dealkylation sites (N-methyl/N-ethyl adjacent to an activating group) is 1. The molecule has 0 saturated heterocycles. The predicted molar refractivity (Wildman–Crippen MR) is 168 cm³/mol. The minimum absolute atomic E-state index is 0.127. The summed E-state index contributed by atoms with van der Waals surface area (Å²) < 4.78 is 23.5. The fourth-order valence-corrected chi connectivity index (χ4v) is 6.22. The van der Waals surface area contributed by atoms with E-state index in [4.69, 9.17) is 9.52 Å². The van der Waals surface area contributed by atoms with E-state index >= 15 is 0 Å². The van der Waals surface area contributed by atoms with E-state index in [1.807, 2.05) is 4.90 Å². The number of nitrogens with one attached hydrogen (secondary N) is 1. The molecule has 44 heavy (non-hydrogen) atoms. The van der Waals surface area contributed by atoms with E-state index < -0.39 is 21.7 Å². The number of anilines is 1. The zero-order valence-electron chi connectivity index (χ0n) is 24.5. The van der Waals surface area contributed by atoms with Gasteiger partial charge in [-0.25, -0.2) is 4.21 Å². The third-order valence-corrected chi connectivity index (χ3v) is 8.87. The molecule has 2 heterocycles. The molecule has 0 aliphatic heterocycles. The van der Waals surface area contributed by atoms with Gasteiger partial charge < -0.3 is 24.8 Å². The van der Waals surface area contributed by atoms with Crippen LogP contribution in [0.5, 0.6) is 0 Å². The van der Waals surface area contributed by atoms with E-state index in [1.54, 1.807) is 80.7 Å². The number of hydrogen-bond acceptors (Lipinski definition) is 8. The van der Waals surface area contributed by atoms with Gasteiger partial charge in [0.25, 0.3) is 11.8 Å². The van der Waals surface area contributed by atoms with Crippen LogP contribution in [0.1, 0.15) is 44.0 Å². The highest BCUT2D eigenvalue weighted by Crippen LogP contribution is 2.18. The normalized spacial score (nSPS) is 12.9. The second kappa shape index (κ2) is 15.2. The monoisotopic (exact) mass is 614 g/mol. The molecular formula is C33H34N4O6S. The van der Waals surface area contributed by atoms with Crippen LogP contribution >= 0.6 is 0 Å². The second-order valence-corrected chi connectivity index (χ2v) is 12.5. The van der Waals surface area contributed by atoms with Crippen LogP contribution in [0.2, 0.25) is 0 Å². The lowest BCUT2D eigenvalue weighted by atomic mass is 10.1. The first-order valence-electron chi connectivity index (χ1n) is 13.9. The molecule has 0 radical (unpaired) electrons. The molecule has 2 atom stereocenters. The molecule has 0 saturated carbocycles. The Labute approximate surface area is 256 Å². The number of furan rings is 1. The highest BCUT2D eigenvalue weighted by atomic mass is 32.2. The Morgan fingerprint density at radius 3 is 2.57 bits per heavy atom. The standard InChI is InChI=1S/C33H34N4O6S/c1-24-14-16-43-31(24)33(41)35-28-9-6-8-25(19-28)12-13-26-18-27(21-34-20-26)32(40)36-44(42,30-10-4-3-5-11-30)17-7-15-37(2)22-29(39)23-38/h3-6,8-11,14,16,18-21,29,38-39H,7,15,17,22-23H2,1-2H3,(H,35,41)/t29?,44-/m0/s1. The molecule has 228 valence electrons. The van der Waals surface area contributed by atoms with E-state index in [-0.39, 0.29) is 36.1 Å². The van der Waals surface area contributed by atoms with Gasteiger partial charge in [-0.15, -0.1) is 0 Å². The number of nitrogens with zero attached hydrogens (tertiary/aromatic N) is 3. The van der Waals surface area contributed by atoms with Crippen LogP contribution in [0.15, 0.2) is 99.1 Å². The molecule has 0 aliphatic carbocycles. The number of aliphatic hydroxyl groups excluding tert-OH is 2. The Bertz CT molecular complexity index is 1780. The maximum absolute atomic E-state index is 14.0. The first kappa shape index (κ1) is 32.3. The zero-order valence-corrected chi connectivity index (χ0v) is 25.3. The van der Waals surface area contributed by atoms with E-state index in [1.165, 1.54) is 18.7 Å². The maximum atomic E-state index is 14.0. The summed E-state index contributed by atoms with van der Waals surface area (Å²) in [5.41, 5.74) is 2.52. The molecule has 2 aromatic heterocycles. The lowest BCUT2D eigenvalue weighted by Crippen LogP contribution is -2.32. The van der Waals surface area contributed by atoms with Crippen molar-refractivity contribution in [2.75, 3.05) is 37.8 Å². The fraction of sp³-hybridized carbons (Fsp3) is 0.242. The predicted octanol–water partition coefficient (Wildman–Crippen LogP) is 3.98. The van der Waals surface area contributed by atoms with E-state index in [9.17, 15) is 18.9 Å². The number of carbonyl (C=O) groups is 2. The fourth-order valence-electron chi connectivity index (χ4n) is 4.31. The molecule has 4 rings (SSSR count). The zero-order chi connectivity index (χ0) is 31.5. The molecule has 10 nitrogen and oxygen atoms in total. The Morgan fingerprint density at radius 2 is 1.84 bits per heavy atom. The number of hydrogen-bond donors (Lipinski definition) is 3. The molecule has 0 bridgehead atoms. The minimum atomic E-state index is -3.11. The summed E-state index contributed by atoms with van der Waals surface area (Å²) in [6.07, 6.45) is 3.91. The van der Waals surface area contributed by atoms with Gasteiger partial charge in [-0.1, -0.05) is 36.1 Å². The highest BCUT2D eigenvalue weighted by Gasteiger charge is 2.18. The van der Waals surface area contributed by atoms with E-state index in [2.05, 4.69) is 26.5 Å². The van der Waals surface area contributed by atoms with E-state index in [0.717, 1.165) is 5.56 Å². The molecule has 0 aliphatic rings. The topological polar surface area (TPSA) is 145 Å². The molecule has 4 aromatic rings. The van der Waals surface area contributed by atoms with Crippen molar-refractivity contribution >= 4 is 27.2 Å². The van der Waals surface area contributed by atoms with E-state index in [0.29, 0.717) is 34.7 Å². The third-order valence-electron chi connectivity index (χ3n) is 6.56. The average Bonchev–Trinajstić information content (AvgIpc) is 3.46. The summed E-state index contributed by atoms with van der Waals surface area (Å²) in [5.74, 6) is 5.33. The van der Waals surface area contributed by atoms with Gasteiger partial charge in [-0.3, -0.25) is 14.6 Å². The van der Waals surface area contributed by atoms with Gasteiger partial charge in [0.1, 0.15) is 0 Å². The quantitative estimate of drug-likeness (QED) is 0.215. The first-order valence-corrected chi connectivity index (χ1v) is 15.6. The van der Waals surface area contributed by atoms with Crippen LogP contribution < -0.4 is 5.32 Å². The molecule has 2 amide bonds. The number of aryl methyl sites for hydroxylation is 1. The number of aliphatic hydroxyl groups is 2. The van der Waals surface area contributed by atoms with Crippen molar-refractivity contribution in [3.8, 4) is 11.8 Å². The molecule has 3 N–H and O–H groups in total. The molecule has 0 fully saturated rings. The van der Waals surface area contributed by atoms with Crippen LogP contribution in [0.25, 0.3) is 0 Å². The Kier molecular flexibility index (Phi) is 11.2. The smallest absolute Gasteiger partial charge is 0.291 e. The number of aromatic nitrogens is 1. The lowest BCUT2D eigenvalue weighted by molar-refractivity contribution is 0.0667. The van der Waals surface area contributed by atoms with Crippen molar-refractivity contribution < 1.29 is 28.4 Å². The summed E-state index contributed by atoms with van der Waals surface area (Å²) >= 11 is 0. The molecule has 1 unspecified atom stereocenters. The van der Waals surface area contributed by atoms with Crippen molar-refractivity contribution in [1.29, 1.82) is 0 Å². The summed E-state index contributed by atoms with van der Waals surface area (Å²) in [7, 11) is -1.33. The van der Waals surface area contributed by atoms with Gasteiger partial charge in [0, 0.05) is 52.0 Å². The Balaban J connectivity index is 1.51. The number of rotatable bonds is 11. The van der Waals surface area contributed by atoms with Crippen molar-refractivity contribution in [1.82, 2.24) is 9.88 Å². The van der Waals surface area contributed by atoms with Gasteiger partial charge >= 0.3 is 0 Å². The van der Waals surface area contributed by atoms with Gasteiger partial charge in [-0.05, 0) is 69.4 Å². The van der Waals surface area contributed by atoms with Gasteiger partial charge in [0.2, 0.25) is 0 Å². The molecular weight excluding hydrogens is 580 g/mol. The van der Waals surface area contributed by atoms with Crippen molar-refractivity contribution in [3.63, 3.8) is 0 Å². The van der Waals surface area contributed by atoms with Gasteiger partial charge in [-0.2, -0.15) is 4.36 Å². The molecule has 2 aromatic carbocycles. The molecule has 0 spiro atoms. The second-order valence-electron chi connectivity index (χ2n) is 10.2. The van der Waals surface area contributed by atoms with Crippen LogP contribution in [-0.2, 0) is 9.73 Å². The number of carbonyl (C=O) groups excluding carboxylic acids is 2. The van der Waals surface area contributed by atoms with Crippen LogP contribution in [0.3, 0.4) is 0 Å². The number of pyridine rings is 1. The van der Waals surface area contributed by atoms with Crippen LogP contribution in [0.4, 0.5) is 5.69 Å². The third kappa shape index (κ3) is 8.95. The highest BCUT2D eigenvalue weighted by molar-refractivity contribution is 7.94. The first-order chi connectivity index (χ1) is 21.2. The Morgan fingerprint density at radius 1 is 1.07 bits per heavy atom. The summed E-state index contributed by atoms with van der Waals surface area (Å²) in [6.45, 7) is 2.20. The molecule has 11 heteroatoms. The summed E-state index contributed by atoms with van der Waals surface area (Å²) in [5, 5.41) is 21.5. The van der Waals surface area contributed by atoms with Gasteiger partial charge in [0.15, 0.2) is 5.76 Å². The Hall–Kier alpha value is -4.60. The largest absolute Gasteiger partial charge is 0.459 e. The van der Waals surface area contributed by atoms with Crippen molar-refractivity contribution in [2.24, 2.45) is 4.36 Å². The summed E-state index contributed by atoms with van der Waals surface area (Å²) in [6, 6.07) is 18.9. The SMILES string of the molecule is Cc1ccoc1C(=O)Nc1cccc(C#Cc2cncc(C(=O)N=[S@](=O)(CCCN(C)CC(O)CO)c3ccccc3)c2)c1. The lowest BCUT2D eigenvalue weighted by Gasteiger charge is -2.19. The number of amides is 2. The summed E-state index contributed by atoms with van der Waals surface area (Å²) in [4.78, 5) is 32.2. The van der Waals surface area contributed by atoms with Crippen molar-refractivity contribution in [3.05, 3.63) is 113 Å². The van der Waals surface area contributed by atoms with Crippen LogP contribution in [0, 0.1) is 18.8 Å². The maximum Gasteiger partial charge on any atom is 0.291 e. The number of benzene rings is 2. The van der Waals surface area contributed by atoms with Gasteiger partial charge in [0.05, 0.1) is 34.3 Å². The average molecular weight is 615 g/mol. The van der Waals surface area contributed by atoms with Crippen LogP contribution in [-0.4, -0.2) is 74.7 Å². The minimum Gasteiger partial charge on any atom is -0.459 e.